The van der Waals surface area contributed by atoms with E-state index in [9.17, 15) is 0 Å². The molecule has 0 aliphatic heterocycles. The molecule has 1 aromatic heterocycles. The second kappa shape index (κ2) is 3.04. The van der Waals surface area contributed by atoms with Crippen molar-refractivity contribution < 1.29 is 0 Å². The molecule has 1 heterocycles. The van der Waals surface area contributed by atoms with Gasteiger partial charge < -0.3 is 4.57 Å². The first-order valence-electron chi connectivity index (χ1n) is 2.15. The fraction of sp³-hybridized carbons (Fsp3) is 0.250. The lowest BCUT2D eigenvalue weighted by Crippen LogP contribution is -1.85. The summed E-state index contributed by atoms with van der Waals surface area (Å²) < 4.78 is 1.96. The predicted octanol–water partition coefficient (Wildman–Crippen LogP) is 1.42. The number of hydrogen-bond donors (Lipinski definition) is 1. The van der Waals surface area contributed by atoms with Crippen LogP contribution in [0, 0.1) is 0 Å². The van der Waals surface area contributed by atoms with E-state index in [-0.39, 0.29) is 0 Å². The van der Waals surface area contributed by atoms with E-state index in [1.54, 1.807) is 12.5 Å². The second-order valence-electron chi connectivity index (χ2n) is 1.34. The van der Waals surface area contributed by atoms with Crippen LogP contribution in [0.25, 0.3) is 0 Å². The Labute approximate surface area is 57.1 Å². The van der Waals surface area contributed by atoms with Gasteiger partial charge in [0, 0.05) is 12.4 Å². The topological polar surface area (TPSA) is 17.8 Å². The zero-order valence-electron chi connectivity index (χ0n) is 4.19. The highest BCUT2D eigenvalue weighted by Gasteiger charge is 1.82. The molecule has 1 rings (SSSR count). The number of hydrogen-bond acceptors (Lipinski definition) is 3. The molecular formula is C4H6N2S2. The molecule has 0 aromatic carbocycles. The van der Waals surface area contributed by atoms with E-state index < -0.39 is 0 Å². The molecule has 0 saturated heterocycles. The van der Waals surface area contributed by atoms with Gasteiger partial charge in [0.25, 0.3) is 0 Å². The summed E-state index contributed by atoms with van der Waals surface area (Å²) in [6, 6.07) is 0. The SMILES string of the molecule is SSCn1ccnc1. The van der Waals surface area contributed by atoms with E-state index in [1.807, 2.05) is 10.8 Å². The maximum Gasteiger partial charge on any atom is 0.0953 e. The van der Waals surface area contributed by atoms with Crippen LogP contribution in [0.2, 0.25) is 0 Å². The molecule has 0 bridgehead atoms. The quantitative estimate of drug-likeness (QED) is 0.502. The van der Waals surface area contributed by atoms with Crippen LogP contribution >= 0.6 is 22.5 Å². The average molecular weight is 146 g/mol. The van der Waals surface area contributed by atoms with Crippen LogP contribution in [-0.2, 0) is 5.88 Å². The van der Waals surface area contributed by atoms with Crippen molar-refractivity contribution in [2.24, 2.45) is 0 Å². The zero-order chi connectivity index (χ0) is 5.82. The van der Waals surface area contributed by atoms with Gasteiger partial charge in [-0.1, -0.05) is 10.8 Å². The van der Waals surface area contributed by atoms with E-state index in [0.717, 1.165) is 5.88 Å². The Kier molecular flexibility index (Phi) is 2.29. The van der Waals surface area contributed by atoms with Gasteiger partial charge in [0.1, 0.15) is 0 Å². The summed E-state index contributed by atoms with van der Waals surface area (Å²) >= 11 is 3.98. The van der Waals surface area contributed by atoms with Crippen molar-refractivity contribution >= 4 is 22.5 Å². The Morgan fingerprint density at radius 2 is 2.62 bits per heavy atom. The van der Waals surface area contributed by atoms with Crippen molar-refractivity contribution in [1.82, 2.24) is 9.55 Å². The van der Waals surface area contributed by atoms with Crippen LogP contribution in [0.3, 0.4) is 0 Å². The van der Waals surface area contributed by atoms with E-state index in [1.165, 1.54) is 10.8 Å². The lowest BCUT2D eigenvalue weighted by atomic mass is 10.9. The summed E-state index contributed by atoms with van der Waals surface area (Å²) in [4.78, 5) is 3.86. The molecule has 1 aromatic rings. The maximum atomic E-state index is 3.98. The fourth-order valence-electron chi connectivity index (χ4n) is 0.430. The third-order valence-electron chi connectivity index (χ3n) is 0.766. The minimum atomic E-state index is 0.864. The van der Waals surface area contributed by atoms with Crippen molar-refractivity contribution in [2.45, 2.75) is 5.88 Å². The van der Waals surface area contributed by atoms with Gasteiger partial charge in [-0.2, -0.15) is 0 Å². The van der Waals surface area contributed by atoms with Gasteiger partial charge in [0.15, 0.2) is 0 Å². The Hall–Kier alpha value is -0.0900. The highest BCUT2D eigenvalue weighted by atomic mass is 33.1. The highest BCUT2D eigenvalue weighted by molar-refractivity contribution is 8.68. The standard InChI is InChI=1S/C4H6N2S2/c7-8-4-6-2-1-5-3-6/h1-3,7H,4H2. The molecule has 0 atom stereocenters. The van der Waals surface area contributed by atoms with Crippen LogP contribution in [0.4, 0.5) is 0 Å². The van der Waals surface area contributed by atoms with E-state index >= 15 is 0 Å². The van der Waals surface area contributed by atoms with Crippen molar-refractivity contribution in [1.29, 1.82) is 0 Å². The number of nitrogens with zero attached hydrogens (tertiary/aromatic N) is 2. The van der Waals surface area contributed by atoms with E-state index in [4.69, 9.17) is 0 Å². The molecule has 0 radical (unpaired) electrons. The first-order chi connectivity index (χ1) is 3.93. The number of thiol groups is 1. The molecule has 0 unspecified atom stereocenters. The predicted molar refractivity (Wildman–Crippen MR) is 38.8 cm³/mol. The third kappa shape index (κ3) is 1.45. The number of rotatable bonds is 2. The lowest BCUT2D eigenvalue weighted by Gasteiger charge is -1.92. The van der Waals surface area contributed by atoms with Crippen molar-refractivity contribution in [3.8, 4) is 0 Å². The Morgan fingerprint density at radius 3 is 3.12 bits per heavy atom. The molecule has 2 nitrogen and oxygen atoms in total. The van der Waals surface area contributed by atoms with Gasteiger partial charge >= 0.3 is 0 Å². The van der Waals surface area contributed by atoms with Gasteiger partial charge in [0.2, 0.25) is 0 Å². The molecule has 0 spiro atoms. The minimum Gasteiger partial charge on any atom is -0.327 e. The Morgan fingerprint density at radius 1 is 1.75 bits per heavy atom. The van der Waals surface area contributed by atoms with Gasteiger partial charge in [-0.3, -0.25) is 0 Å². The number of imidazole rings is 1. The van der Waals surface area contributed by atoms with E-state index in [2.05, 4.69) is 16.6 Å². The molecule has 0 aliphatic rings. The monoisotopic (exact) mass is 146 g/mol. The summed E-state index contributed by atoms with van der Waals surface area (Å²) in [7, 11) is 1.48. The lowest BCUT2D eigenvalue weighted by molar-refractivity contribution is 0.894. The molecule has 0 amide bonds. The van der Waals surface area contributed by atoms with Gasteiger partial charge in [0.05, 0.1) is 12.2 Å². The molecule has 8 heavy (non-hydrogen) atoms. The molecule has 0 fully saturated rings. The average Bonchev–Trinajstić information content (AvgIpc) is 2.19. The summed E-state index contributed by atoms with van der Waals surface area (Å²) in [6.45, 7) is 0. The molecule has 0 saturated carbocycles. The van der Waals surface area contributed by atoms with Crippen LogP contribution in [0.15, 0.2) is 18.7 Å². The van der Waals surface area contributed by atoms with Crippen LogP contribution in [0.1, 0.15) is 0 Å². The third-order valence-corrected chi connectivity index (χ3v) is 1.53. The van der Waals surface area contributed by atoms with Crippen LogP contribution < -0.4 is 0 Å². The fourth-order valence-corrected chi connectivity index (χ4v) is 1.12. The first kappa shape index (κ1) is 6.04. The van der Waals surface area contributed by atoms with Crippen LogP contribution in [0.5, 0.6) is 0 Å². The minimum absolute atomic E-state index is 0.864. The van der Waals surface area contributed by atoms with Gasteiger partial charge in [-0.15, -0.1) is 11.7 Å². The van der Waals surface area contributed by atoms with Crippen molar-refractivity contribution in [3.63, 3.8) is 0 Å². The van der Waals surface area contributed by atoms with Crippen molar-refractivity contribution in [3.05, 3.63) is 18.7 Å². The summed E-state index contributed by atoms with van der Waals surface area (Å²) in [6.07, 6.45) is 5.43. The van der Waals surface area contributed by atoms with E-state index in [0.29, 0.717) is 0 Å². The van der Waals surface area contributed by atoms with Crippen molar-refractivity contribution in [2.75, 3.05) is 0 Å². The molecular weight excluding hydrogens is 140 g/mol. The zero-order valence-corrected chi connectivity index (χ0v) is 5.90. The molecule has 0 aliphatic carbocycles. The largest absolute Gasteiger partial charge is 0.327 e. The molecule has 0 N–H and O–H groups in total. The Bertz CT molecular complexity index is 138. The second-order valence-corrected chi connectivity index (χ2v) is 2.63. The van der Waals surface area contributed by atoms with Gasteiger partial charge in [-0.05, 0) is 0 Å². The maximum absolute atomic E-state index is 3.98. The number of aromatic nitrogens is 2. The van der Waals surface area contributed by atoms with Crippen LogP contribution in [-0.4, -0.2) is 9.55 Å². The summed E-state index contributed by atoms with van der Waals surface area (Å²) in [5, 5.41) is 0. The smallest absolute Gasteiger partial charge is 0.0953 e. The molecule has 44 valence electrons. The van der Waals surface area contributed by atoms with Gasteiger partial charge in [-0.25, -0.2) is 4.98 Å². The molecule has 4 heteroatoms. The first-order valence-corrected chi connectivity index (χ1v) is 4.19. The Balaban J connectivity index is 2.50. The summed E-state index contributed by atoms with van der Waals surface area (Å²) in [5.74, 6) is 0.864. The highest BCUT2D eigenvalue weighted by Crippen LogP contribution is 2.07. The normalized spacial score (nSPS) is 9.62. The summed E-state index contributed by atoms with van der Waals surface area (Å²) in [5.41, 5.74) is 0.